The van der Waals surface area contributed by atoms with Gasteiger partial charge in [-0.15, -0.1) is 0 Å². The van der Waals surface area contributed by atoms with E-state index in [2.05, 4.69) is 17.6 Å². The van der Waals surface area contributed by atoms with Gasteiger partial charge in [-0.3, -0.25) is 0 Å². The van der Waals surface area contributed by atoms with E-state index in [4.69, 9.17) is 12.2 Å². The van der Waals surface area contributed by atoms with Crippen molar-refractivity contribution in [3.05, 3.63) is 35.6 Å². The van der Waals surface area contributed by atoms with Crippen LogP contribution in [0.5, 0.6) is 0 Å². The molecule has 0 amide bonds. The fraction of sp³-hybridized carbons (Fsp3) is 0.462. The number of hydrogen-bond donors (Lipinski definition) is 2. The van der Waals surface area contributed by atoms with E-state index in [0.717, 1.165) is 37.9 Å². The van der Waals surface area contributed by atoms with Gasteiger partial charge < -0.3 is 10.6 Å². The first-order chi connectivity index (χ1) is 8.22. The first-order valence-corrected chi connectivity index (χ1v) is 6.39. The Morgan fingerprint density at radius 2 is 2.06 bits per heavy atom. The smallest absolute Gasteiger partial charge is 0.166 e. The largest absolute Gasteiger partial charge is 0.363 e. The molecule has 0 bridgehead atoms. The van der Waals surface area contributed by atoms with Crippen LogP contribution < -0.4 is 10.6 Å². The van der Waals surface area contributed by atoms with Crippen molar-refractivity contribution in [2.45, 2.75) is 26.2 Å². The third-order valence-electron chi connectivity index (χ3n) is 2.40. The zero-order valence-corrected chi connectivity index (χ0v) is 10.9. The summed E-state index contributed by atoms with van der Waals surface area (Å²) in [6, 6.07) is 6.64. The SMILES string of the molecule is CCCCNC(=S)NCCc1cccc(F)c1. The molecule has 1 aromatic rings. The van der Waals surface area contributed by atoms with Crippen molar-refractivity contribution in [1.29, 1.82) is 0 Å². The Hall–Kier alpha value is -1.16. The lowest BCUT2D eigenvalue weighted by Crippen LogP contribution is -2.36. The molecule has 0 atom stereocenters. The second-order valence-corrected chi connectivity index (χ2v) is 4.32. The van der Waals surface area contributed by atoms with Crippen molar-refractivity contribution in [3.63, 3.8) is 0 Å². The van der Waals surface area contributed by atoms with Crippen LogP contribution in [0.15, 0.2) is 24.3 Å². The van der Waals surface area contributed by atoms with Crippen LogP contribution in [-0.4, -0.2) is 18.2 Å². The predicted molar refractivity (Wildman–Crippen MR) is 73.6 cm³/mol. The van der Waals surface area contributed by atoms with E-state index in [1.165, 1.54) is 6.07 Å². The van der Waals surface area contributed by atoms with E-state index in [9.17, 15) is 4.39 Å². The fourth-order valence-corrected chi connectivity index (χ4v) is 1.66. The van der Waals surface area contributed by atoms with E-state index in [-0.39, 0.29) is 5.82 Å². The number of unbranched alkanes of at least 4 members (excludes halogenated alkanes) is 1. The highest BCUT2D eigenvalue weighted by Crippen LogP contribution is 2.03. The van der Waals surface area contributed by atoms with Gasteiger partial charge in [-0.25, -0.2) is 4.39 Å². The van der Waals surface area contributed by atoms with Gasteiger partial charge in [0.2, 0.25) is 0 Å². The maximum atomic E-state index is 12.9. The normalized spacial score (nSPS) is 10.0. The van der Waals surface area contributed by atoms with Gasteiger partial charge in [-0.1, -0.05) is 25.5 Å². The molecule has 1 aromatic carbocycles. The average Bonchev–Trinajstić information content (AvgIpc) is 2.29. The Morgan fingerprint density at radius 1 is 1.29 bits per heavy atom. The molecule has 17 heavy (non-hydrogen) atoms. The topological polar surface area (TPSA) is 24.1 Å². The van der Waals surface area contributed by atoms with E-state index in [1.54, 1.807) is 12.1 Å². The minimum atomic E-state index is -0.189. The molecule has 4 heteroatoms. The van der Waals surface area contributed by atoms with Crippen molar-refractivity contribution in [2.75, 3.05) is 13.1 Å². The van der Waals surface area contributed by atoms with Gasteiger partial charge in [0.25, 0.3) is 0 Å². The van der Waals surface area contributed by atoms with Gasteiger partial charge in [0.05, 0.1) is 0 Å². The highest BCUT2D eigenvalue weighted by atomic mass is 32.1. The number of nitrogens with one attached hydrogen (secondary N) is 2. The van der Waals surface area contributed by atoms with Crippen molar-refractivity contribution in [3.8, 4) is 0 Å². The molecule has 0 aliphatic heterocycles. The van der Waals surface area contributed by atoms with Crippen LogP contribution in [-0.2, 0) is 6.42 Å². The molecule has 0 aliphatic carbocycles. The monoisotopic (exact) mass is 254 g/mol. The highest BCUT2D eigenvalue weighted by Gasteiger charge is 1.97. The molecule has 1 rings (SSSR count). The molecule has 0 aliphatic rings. The first kappa shape index (κ1) is 13.9. The van der Waals surface area contributed by atoms with Crippen LogP contribution in [0.25, 0.3) is 0 Å². The lowest BCUT2D eigenvalue weighted by Gasteiger charge is -2.09. The van der Waals surface area contributed by atoms with Gasteiger partial charge in [0, 0.05) is 13.1 Å². The highest BCUT2D eigenvalue weighted by molar-refractivity contribution is 7.80. The van der Waals surface area contributed by atoms with E-state index in [1.807, 2.05) is 6.07 Å². The Morgan fingerprint density at radius 3 is 2.76 bits per heavy atom. The summed E-state index contributed by atoms with van der Waals surface area (Å²) in [5.41, 5.74) is 0.980. The van der Waals surface area contributed by atoms with Crippen molar-refractivity contribution in [2.24, 2.45) is 0 Å². The Bertz CT molecular complexity index is 355. The summed E-state index contributed by atoms with van der Waals surface area (Å²) in [4.78, 5) is 0. The summed E-state index contributed by atoms with van der Waals surface area (Å²) in [5, 5.41) is 6.91. The minimum absolute atomic E-state index is 0.189. The molecule has 2 N–H and O–H groups in total. The third-order valence-corrected chi connectivity index (χ3v) is 2.69. The predicted octanol–water partition coefficient (Wildman–Crippen LogP) is 2.63. The lowest BCUT2D eigenvalue weighted by molar-refractivity contribution is 0.625. The first-order valence-electron chi connectivity index (χ1n) is 5.98. The van der Waals surface area contributed by atoms with Gasteiger partial charge in [-0.05, 0) is 42.8 Å². The van der Waals surface area contributed by atoms with Crippen LogP contribution in [0.1, 0.15) is 25.3 Å². The zero-order chi connectivity index (χ0) is 12.5. The number of thiocarbonyl (C=S) groups is 1. The summed E-state index contributed by atoms with van der Waals surface area (Å²) < 4.78 is 12.9. The third kappa shape index (κ3) is 6.22. The number of rotatable bonds is 6. The molecule has 2 nitrogen and oxygen atoms in total. The molecule has 0 aromatic heterocycles. The summed E-state index contributed by atoms with van der Waals surface area (Å²) >= 11 is 5.11. The van der Waals surface area contributed by atoms with Crippen molar-refractivity contribution < 1.29 is 4.39 Å². The Kier molecular flexibility index (Phi) is 6.55. The maximum absolute atomic E-state index is 12.9. The van der Waals surface area contributed by atoms with Crippen LogP contribution in [0, 0.1) is 5.82 Å². The Labute approximate surface area is 108 Å². The molecule has 0 saturated heterocycles. The van der Waals surface area contributed by atoms with Crippen LogP contribution in [0.2, 0.25) is 0 Å². The van der Waals surface area contributed by atoms with Gasteiger partial charge in [-0.2, -0.15) is 0 Å². The van der Waals surface area contributed by atoms with E-state index < -0.39 is 0 Å². The second-order valence-electron chi connectivity index (χ2n) is 3.92. The maximum Gasteiger partial charge on any atom is 0.166 e. The lowest BCUT2D eigenvalue weighted by atomic mass is 10.1. The van der Waals surface area contributed by atoms with E-state index in [0.29, 0.717) is 5.11 Å². The standard InChI is InChI=1S/C13H19FN2S/c1-2-3-8-15-13(17)16-9-7-11-5-4-6-12(14)10-11/h4-6,10H,2-3,7-9H2,1H3,(H2,15,16,17). The van der Waals surface area contributed by atoms with Crippen molar-refractivity contribution >= 4 is 17.3 Å². The summed E-state index contributed by atoms with van der Waals surface area (Å²) in [7, 11) is 0. The van der Waals surface area contributed by atoms with E-state index >= 15 is 0 Å². The molecule has 0 heterocycles. The van der Waals surface area contributed by atoms with Crippen LogP contribution >= 0.6 is 12.2 Å². The van der Waals surface area contributed by atoms with Gasteiger partial charge in [0.1, 0.15) is 5.82 Å². The molecule has 94 valence electrons. The molecule has 0 unspecified atom stereocenters. The summed E-state index contributed by atoms with van der Waals surface area (Å²) in [6.07, 6.45) is 3.04. The quantitative estimate of drug-likeness (QED) is 0.603. The molecular weight excluding hydrogens is 235 g/mol. The fourth-order valence-electron chi connectivity index (χ4n) is 1.45. The van der Waals surface area contributed by atoms with Crippen molar-refractivity contribution in [1.82, 2.24) is 10.6 Å². The molecule has 0 saturated carbocycles. The number of halogens is 1. The number of hydrogen-bond acceptors (Lipinski definition) is 1. The van der Waals surface area contributed by atoms with Gasteiger partial charge in [0.15, 0.2) is 5.11 Å². The zero-order valence-electron chi connectivity index (χ0n) is 10.1. The molecule has 0 radical (unpaired) electrons. The summed E-state index contributed by atoms with van der Waals surface area (Å²) in [6.45, 7) is 3.77. The molecule has 0 spiro atoms. The summed E-state index contributed by atoms with van der Waals surface area (Å²) in [5.74, 6) is -0.189. The van der Waals surface area contributed by atoms with Gasteiger partial charge >= 0.3 is 0 Å². The molecular formula is C13H19FN2S. The van der Waals surface area contributed by atoms with Crippen LogP contribution in [0.4, 0.5) is 4.39 Å². The minimum Gasteiger partial charge on any atom is -0.363 e. The average molecular weight is 254 g/mol. The Balaban J connectivity index is 2.17. The number of benzene rings is 1. The van der Waals surface area contributed by atoms with Crippen LogP contribution in [0.3, 0.4) is 0 Å². The molecule has 0 fully saturated rings. The second kappa shape index (κ2) is 8.01.